The van der Waals surface area contributed by atoms with Gasteiger partial charge in [-0.3, -0.25) is 0 Å². The number of nitrogens with zero attached hydrogens (tertiary/aromatic N) is 1. The fourth-order valence-corrected chi connectivity index (χ4v) is 2.06. The average molecular weight is 228 g/mol. The zero-order chi connectivity index (χ0) is 11.6. The number of benzene rings is 1. The quantitative estimate of drug-likeness (QED) is 0.359. The van der Waals surface area contributed by atoms with Gasteiger partial charge in [0.1, 0.15) is 4.90 Å². The van der Waals surface area contributed by atoms with Crippen molar-refractivity contribution in [3.63, 3.8) is 0 Å². The summed E-state index contributed by atoms with van der Waals surface area (Å²) in [5, 5.41) is 0. The SMILES string of the molecule is Cc1ccc(S(=O)(=O)N=C(N)N)c(N)c1. The van der Waals surface area contributed by atoms with E-state index in [4.69, 9.17) is 17.2 Å². The molecule has 0 radical (unpaired) electrons. The lowest BCUT2D eigenvalue weighted by Crippen LogP contribution is -2.24. The van der Waals surface area contributed by atoms with Crippen molar-refractivity contribution < 1.29 is 8.42 Å². The molecular formula is C8H12N4O2S. The van der Waals surface area contributed by atoms with Crippen LogP contribution >= 0.6 is 0 Å². The number of guanidine groups is 1. The van der Waals surface area contributed by atoms with Crippen LogP contribution in [0.3, 0.4) is 0 Å². The van der Waals surface area contributed by atoms with Crippen LogP contribution in [0.4, 0.5) is 5.69 Å². The van der Waals surface area contributed by atoms with Crippen LogP contribution in [0.15, 0.2) is 27.5 Å². The third kappa shape index (κ3) is 2.59. The van der Waals surface area contributed by atoms with Crippen molar-refractivity contribution >= 4 is 21.7 Å². The Hall–Kier alpha value is -1.76. The normalized spacial score (nSPS) is 11.0. The molecule has 6 nitrogen and oxygen atoms in total. The van der Waals surface area contributed by atoms with Gasteiger partial charge in [-0.25, -0.2) is 0 Å². The minimum Gasteiger partial charge on any atom is -0.398 e. The number of rotatable bonds is 2. The minimum absolute atomic E-state index is 0.0958. The second kappa shape index (κ2) is 3.77. The van der Waals surface area contributed by atoms with Crippen LogP contribution in [0.2, 0.25) is 0 Å². The van der Waals surface area contributed by atoms with Crippen molar-refractivity contribution in [3.05, 3.63) is 23.8 Å². The van der Waals surface area contributed by atoms with Gasteiger partial charge in [0.05, 0.1) is 5.69 Å². The lowest BCUT2D eigenvalue weighted by molar-refractivity contribution is 0.598. The third-order valence-corrected chi connectivity index (χ3v) is 3.05. The molecule has 0 aliphatic rings. The second-order valence-electron chi connectivity index (χ2n) is 3.03. The third-order valence-electron chi connectivity index (χ3n) is 1.67. The van der Waals surface area contributed by atoms with Crippen molar-refractivity contribution in [2.24, 2.45) is 15.9 Å². The van der Waals surface area contributed by atoms with Crippen molar-refractivity contribution in [1.29, 1.82) is 0 Å². The molecule has 82 valence electrons. The molecular weight excluding hydrogens is 216 g/mol. The van der Waals surface area contributed by atoms with Crippen LogP contribution in [0.1, 0.15) is 5.56 Å². The maximum atomic E-state index is 11.5. The summed E-state index contributed by atoms with van der Waals surface area (Å²) in [5.41, 5.74) is 16.5. The molecule has 0 aliphatic carbocycles. The Morgan fingerprint density at radius 3 is 2.40 bits per heavy atom. The van der Waals surface area contributed by atoms with E-state index in [1.54, 1.807) is 13.0 Å². The van der Waals surface area contributed by atoms with Crippen LogP contribution in [-0.2, 0) is 10.0 Å². The summed E-state index contributed by atoms with van der Waals surface area (Å²) in [5.74, 6) is -0.519. The highest BCUT2D eigenvalue weighted by Gasteiger charge is 2.16. The van der Waals surface area contributed by atoms with Crippen LogP contribution in [0, 0.1) is 6.92 Å². The van der Waals surface area contributed by atoms with Crippen LogP contribution in [-0.4, -0.2) is 14.4 Å². The summed E-state index contributed by atoms with van der Waals surface area (Å²) in [6, 6.07) is 4.52. The maximum Gasteiger partial charge on any atom is 0.287 e. The van der Waals surface area contributed by atoms with Crippen molar-refractivity contribution in [2.75, 3.05) is 5.73 Å². The summed E-state index contributed by atoms with van der Waals surface area (Å²) in [4.78, 5) is -0.0958. The average Bonchev–Trinajstić information content (AvgIpc) is 1.99. The van der Waals surface area contributed by atoms with Crippen molar-refractivity contribution in [3.8, 4) is 0 Å². The molecule has 0 atom stereocenters. The fraction of sp³-hybridized carbons (Fsp3) is 0.125. The highest BCUT2D eigenvalue weighted by molar-refractivity contribution is 7.90. The van der Waals surface area contributed by atoms with E-state index in [1.165, 1.54) is 12.1 Å². The lowest BCUT2D eigenvalue weighted by Gasteiger charge is -2.04. The van der Waals surface area contributed by atoms with Crippen molar-refractivity contribution in [1.82, 2.24) is 0 Å². The van der Waals surface area contributed by atoms with E-state index in [-0.39, 0.29) is 10.6 Å². The Balaban J connectivity index is 3.35. The molecule has 0 bridgehead atoms. The molecule has 1 rings (SSSR count). The lowest BCUT2D eigenvalue weighted by atomic mass is 10.2. The summed E-state index contributed by atoms with van der Waals surface area (Å²) < 4.78 is 26.2. The Morgan fingerprint density at radius 2 is 1.93 bits per heavy atom. The predicted molar refractivity (Wildman–Crippen MR) is 58.6 cm³/mol. The molecule has 0 fully saturated rings. The molecule has 1 aromatic rings. The van der Waals surface area contributed by atoms with Crippen LogP contribution in [0.25, 0.3) is 0 Å². The van der Waals surface area contributed by atoms with Gasteiger partial charge in [0.15, 0.2) is 0 Å². The zero-order valence-corrected chi connectivity index (χ0v) is 8.95. The molecule has 6 N–H and O–H groups in total. The molecule has 0 spiro atoms. The summed E-state index contributed by atoms with van der Waals surface area (Å²) in [6.45, 7) is 1.80. The first-order valence-corrected chi connectivity index (χ1v) is 5.49. The first-order chi connectivity index (χ1) is 6.83. The number of nitrogen functional groups attached to an aromatic ring is 1. The molecule has 1 aromatic carbocycles. The van der Waals surface area contributed by atoms with Gasteiger partial charge in [-0.05, 0) is 24.6 Å². The van der Waals surface area contributed by atoms with E-state index >= 15 is 0 Å². The van der Waals surface area contributed by atoms with Gasteiger partial charge in [0.25, 0.3) is 10.0 Å². The Bertz CT molecular complexity index is 503. The van der Waals surface area contributed by atoms with E-state index in [9.17, 15) is 8.42 Å². The molecule has 0 aromatic heterocycles. The molecule has 7 heteroatoms. The van der Waals surface area contributed by atoms with Gasteiger partial charge in [0.2, 0.25) is 5.96 Å². The molecule has 15 heavy (non-hydrogen) atoms. The number of hydrogen-bond donors (Lipinski definition) is 3. The predicted octanol–water partition coefficient (Wildman–Crippen LogP) is -0.461. The highest BCUT2D eigenvalue weighted by Crippen LogP contribution is 2.21. The van der Waals surface area contributed by atoms with Crippen LogP contribution in [0.5, 0.6) is 0 Å². The van der Waals surface area contributed by atoms with E-state index < -0.39 is 16.0 Å². The number of nitrogens with two attached hydrogens (primary N) is 3. The number of sulfonamides is 1. The minimum atomic E-state index is -3.89. The molecule has 0 unspecified atom stereocenters. The zero-order valence-electron chi connectivity index (χ0n) is 8.14. The highest BCUT2D eigenvalue weighted by atomic mass is 32.2. The smallest absolute Gasteiger partial charge is 0.287 e. The monoisotopic (exact) mass is 228 g/mol. The number of aryl methyl sites for hydroxylation is 1. The van der Waals surface area contributed by atoms with E-state index in [2.05, 4.69) is 4.40 Å². The molecule has 0 saturated carbocycles. The van der Waals surface area contributed by atoms with Gasteiger partial charge in [-0.15, -0.1) is 4.40 Å². The van der Waals surface area contributed by atoms with Gasteiger partial charge < -0.3 is 17.2 Å². The number of anilines is 1. The number of hydrogen-bond acceptors (Lipinski definition) is 3. The summed E-state index contributed by atoms with van der Waals surface area (Å²) in [7, 11) is -3.89. The Labute approximate surface area is 87.8 Å². The second-order valence-corrected chi connectivity index (χ2v) is 4.61. The molecule has 0 saturated heterocycles. The van der Waals surface area contributed by atoms with Gasteiger partial charge in [0, 0.05) is 0 Å². The summed E-state index contributed by atoms with van der Waals surface area (Å²) >= 11 is 0. The van der Waals surface area contributed by atoms with Crippen LogP contribution < -0.4 is 17.2 Å². The molecule has 0 amide bonds. The first kappa shape index (κ1) is 11.3. The maximum absolute atomic E-state index is 11.5. The Kier molecular flexibility index (Phi) is 2.85. The van der Waals surface area contributed by atoms with Gasteiger partial charge in [-0.2, -0.15) is 8.42 Å². The van der Waals surface area contributed by atoms with E-state index in [0.29, 0.717) is 0 Å². The first-order valence-electron chi connectivity index (χ1n) is 4.05. The molecule has 0 heterocycles. The van der Waals surface area contributed by atoms with E-state index in [1.807, 2.05) is 0 Å². The molecule has 0 aliphatic heterocycles. The standard InChI is InChI=1S/C8H12N4O2S/c1-5-2-3-7(6(9)4-5)15(13,14)12-8(10)11/h2-4H,9H2,1H3,(H4,10,11,12). The van der Waals surface area contributed by atoms with Crippen molar-refractivity contribution in [2.45, 2.75) is 11.8 Å². The fourth-order valence-electron chi connectivity index (χ4n) is 1.09. The largest absolute Gasteiger partial charge is 0.398 e. The topological polar surface area (TPSA) is 125 Å². The van der Waals surface area contributed by atoms with E-state index in [0.717, 1.165) is 5.56 Å². The Morgan fingerprint density at radius 1 is 1.33 bits per heavy atom. The van der Waals surface area contributed by atoms with Gasteiger partial charge >= 0.3 is 0 Å². The summed E-state index contributed by atoms with van der Waals surface area (Å²) in [6.07, 6.45) is 0. The van der Waals surface area contributed by atoms with Gasteiger partial charge in [-0.1, -0.05) is 6.07 Å².